The summed E-state index contributed by atoms with van der Waals surface area (Å²) >= 11 is 3.50. The number of thiazole rings is 1. The van der Waals surface area contributed by atoms with Gasteiger partial charge in [-0.2, -0.15) is 0 Å². The third-order valence-electron chi connectivity index (χ3n) is 4.64. The maximum Gasteiger partial charge on any atom is 0.240 e. The molecule has 2 aromatic rings. The molecule has 1 aliphatic carbocycles. The van der Waals surface area contributed by atoms with E-state index in [0.29, 0.717) is 12.6 Å². The molecule has 2 aromatic heterocycles. The number of hydrogen-bond donors (Lipinski definition) is 1. The molecule has 1 fully saturated rings. The molecule has 1 unspecified atom stereocenters. The zero-order valence-corrected chi connectivity index (χ0v) is 14.9. The number of aromatic nitrogens is 1. The number of nitrogens with one attached hydrogen (secondary N) is 1. The molecule has 1 aliphatic heterocycles. The Bertz CT molecular complexity index is 700. The van der Waals surface area contributed by atoms with Crippen molar-refractivity contribution in [2.45, 2.75) is 45.1 Å². The van der Waals surface area contributed by atoms with Gasteiger partial charge in [0.25, 0.3) is 0 Å². The number of amides is 1. The maximum absolute atomic E-state index is 12.4. The molecule has 23 heavy (non-hydrogen) atoms. The Morgan fingerprint density at radius 1 is 1.35 bits per heavy atom. The molecule has 4 nitrogen and oxygen atoms in total. The highest BCUT2D eigenvalue weighted by Gasteiger charge is 2.29. The van der Waals surface area contributed by atoms with E-state index >= 15 is 0 Å². The highest BCUT2D eigenvalue weighted by atomic mass is 32.1. The smallest absolute Gasteiger partial charge is 0.240 e. The second-order valence-corrected chi connectivity index (χ2v) is 8.77. The molecule has 4 rings (SSSR count). The Hall–Kier alpha value is -1.24. The average Bonchev–Trinajstić information content (AvgIpc) is 3.22. The summed E-state index contributed by atoms with van der Waals surface area (Å²) in [5.74, 6) is 0.0672. The lowest BCUT2D eigenvalue weighted by Gasteiger charge is -2.22. The number of aryl methyl sites for hydroxylation is 3. The Balaban J connectivity index is 1.39. The summed E-state index contributed by atoms with van der Waals surface area (Å²) in [7, 11) is 0. The topological polar surface area (TPSA) is 45.2 Å². The van der Waals surface area contributed by atoms with Crippen LogP contribution < -0.4 is 5.32 Å². The normalized spacial score (nSPS) is 20.8. The lowest BCUT2D eigenvalue weighted by molar-refractivity contribution is -0.117. The molecule has 3 heterocycles. The van der Waals surface area contributed by atoms with Gasteiger partial charge in [0.1, 0.15) is 0 Å². The van der Waals surface area contributed by atoms with Crippen molar-refractivity contribution in [2.24, 2.45) is 0 Å². The lowest BCUT2D eigenvalue weighted by atomic mass is 10.2. The summed E-state index contributed by atoms with van der Waals surface area (Å²) in [4.78, 5) is 23.3. The van der Waals surface area contributed by atoms with Crippen molar-refractivity contribution in [3.63, 3.8) is 0 Å². The minimum atomic E-state index is 0.0672. The van der Waals surface area contributed by atoms with Crippen LogP contribution in [0.3, 0.4) is 0 Å². The second-order valence-electron chi connectivity index (χ2n) is 6.37. The number of thiophene rings is 1. The van der Waals surface area contributed by atoms with Crippen LogP contribution in [-0.2, 0) is 17.6 Å². The van der Waals surface area contributed by atoms with Crippen molar-refractivity contribution < 1.29 is 4.79 Å². The predicted molar refractivity (Wildman–Crippen MR) is 95.4 cm³/mol. The molecule has 0 bridgehead atoms. The first-order valence-electron chi connectivity index (χ1n) is 8.28. The number of anilines is 1. The molecule has 2 aliphatic rings. The van der Waals surface area contributed by atoms with Gasteiger partial charge in [0.05, 0.1) is 12.2 Å². The van der Waals surface area contributed by atoms with Crippen LogP contribution in [0.25, 0.3) is 0 Å². The van der Waals surface area contributed by atoms with Gasteiger partial charge < -0.3 is 5.32 Å². The van der Waals surface area contributed by atoms with Crippen LogP contribution in [0, 0.1) is 6.92 Å². The molecule has 1 saturated heterocycles. The van der Waals surface area contributed by atoms with Crippen molar-refractivity contribution in [1.29, 1.82) is 0 Å². The van der Waals surface area contributed by atoms with Gasteiger partial charge in [-0.05, 0) is 57.7 Å². The quantitative estimate of drug-likeness (QED) is 0.915. The fourth-order valence-electron chi connectivity index (χ4n) is 3.56. The van der Waals surface area contributed by atoms with Crippen LogP contribution in [0.15, 0.2) is 12.1 Å². The minimum absolute atomic E-state index is 0.0672. The Morgan fingerprint density at radius 2 is 2.26 bits per heavy atom. The lowest BCUT2D eigenvalue weighted by Crippen LogP contribution is -2.32. The van der Waals surface area contributed by atoms with Gasteiger partial charge in [-0.3, -0.25) is 9.69 Å². The third kappa shape index (κ3) is 3.20. The molecule has 122 valence electrons. The van der Waals surface area contributed by atoms with Gasteiger partial charge in [-0.15, -0.1) is 22.7 Å². The summed E-state index contributed by atoms with van der Waals surface area (Å²) in [6.45, 7) is 3.61. The van der Waals surface area contributed by atoms with E-state index in [2.05, 4.69) is 34.3 Å². The zero-order chi connectivity index (χ0) is 15.8. The number of hydrogen-bond acceptors (Lipinski definition) is 5. The number of carbonyl (C=O) groups is 1. The molecule has 0 aromatic carbocycles. The minimum Gasteiger partial charge on any atom is -0.301 e. The number of carbonyl (C=O) groups excluding carboxylic acids is 1. The van der Waals surface area contributed by atoms with Crippen molar-refractivity contribution in [2.75, 3.05) is 18.4 Å². The van der Waals surface area contributed by atoms with E-state index in [1.807, 2.05) is 11.3 Å². The molecule has 0 radical (unpaired) electrons. The summed E-state index contributed by atoms with van der Waals surface area (Å²) in [6.07, 6.45) is 5.71. The van der Waals surface area contributed by atoms with E-state index in [9.17, 15) is 4.79 Å². The Morgan fingerprint density at radius 3 is 3.04 bits per heavy atom. The first kappa shape index (κ1) is 15.3. The van der Waals surface area contributed by atoms with Gasteiger partial charge in [0.2, 0.25) is 5.91 Å². The predicted octanol–water partition coefficient (Wildman–Crippen LogP) is 3.78. The van der Waals surface area contributed by atoms with E-state index in [4.69, 9.17) is 0 Å². The molecule has 0 spiro atoms. The van der Waals surface area contributed by atoms with Crippen LogP contribution in [0.5, 0.6) is 0 Å². The highest BCUT2D eigenvalue weighted by molar-refractivity contribution is 7.16. The van der Waals surface area contributed by atoms with Gasteiger partial charge in [-0.1, -0.05) is 0 Å². The van der Waals surface area contributed by atoms with Gasteiger partial charge >= 0.3 is 0 Å². The van der Waals surface area contributed by atoms with E-state index < -0.39 is 0 Å². The van der Waals surface area contributed by atoms with Crippen LogP contribution in [-0.4, -0.2) is 28.9 Å². The van der Waals surface area contributed by atoms with E-state index in [-0.39, 0.29) is 5.91 Å². The summed E-state index contributed by atoms with van der Waals surface area (Å²) < 4.78 is 0. The molecule has 1 N–H and O–H groups in total. The van der Waals surface area contributed by atoms with Gasteiger partial charge in [-0.25, -0.2) is 4.98 Å². The largest absolute Gasteiger partial charge is 0.301 e. The van der Waals surface area contributed by atoms with Crippen LogP contribution in [0.1, 0.15) is 45.6 Å². The molecular weight excluding hydrogens is 326 g/mol. The van der Waals surface area contributed by atoms with Crippen molar-refractivity contribution >= 4 is 33.7 Å². The standard InChI is InChI=1S/C17H21N3OS2/c1-11-7-8-15(22-11)13-5-3-9-20(13)10-16(21)19-17-18-12-4-2-6-14(12)23-17/h7-8,13H,2-6,9-10H2,1H3,(H,18,19,21). The fraction of sp³-hybridized carbons (Fsp3) is 0.529. The summed E-state index contributed by atoms with van der Waals surface area (Å²) in [6, 6.07) is 4.79. The first-order valence-corrected chi connectivity index (χ1v) is 9.91. The zero-order valence-electron chi connectivity index (χ0n) is 13.3. The SMILES string of the molecule is Cc1ccc(C2CCCN2CC(=O)Nc2nc3c(s2)CCC3)s1. The van der Waals surface area contributed by atoms with E-state index in [1.54, 1.807) is 11.3 Å². The van der Waals surface area contributed by atoms with E-state index in [1.165, 1.54) is 33.2 Å². The number of fused-ring (bicyclic) bond motifs is 1. The molecule has 1 atom stereocenters. The summed E-state index contributed by atoms with van der Waals surface area (Å²) in [5, 5.41) is 3.79. The third-order valence-corrected chi connectivity index (χ3v) is 6.82. The van der Waals surface area contributed by atoms with Crippen molar-refractivity contribution in [3.05, 3.63) is 32.5 Å². The average molecular weight is 348 g/mol. The monoisotopic (exact) mass is 347 g/mol. The maximum atomic E-state index is 12.4. The molecule has 0 saturated carbocycles. The van der Waals surface area contributed by atoms with Crippen molar-refractivity contribution in [3.8, 4) is 0 Å². The van der Waals surface area contributed by atoms with Gasteiger partial charge in [0, 0.05) is 20.7 Å². The molecule has 1 amide bonds. The molecule has 6 heteroatoms. The van der Waals surface area contributed by atoms with Crippen LogP contribution in [0.4, 0.5) is 5.13 Å². The second kappa shape index (κ2) is 6.34. The fourth-order valence-corrected chi connectivity index (χ4v) is 5.67. The highest BCUT2D eigenvalue weighted by Crippen LogP contribution is 2.35. The number of nitrogens with zero attached hydrogens (tertiary/aromatic N) is 2. The Kier molecular flexibility index (Phi) is 4.22. The van der Waals surface area contributed by atoms with Crippen LogP contribution in [0.2, 0.25) is 0 Å². The number of rotatable bonds is 4. The van der Waals surface area contributed by atoms with Crippen molar-refractivity contribution in [1.82, 2.24) is 9.88 Å². The van der Waals surface area contributed by atoms with E-state index in [0.717, 1.165) is 30.9 Å². The van der Waals surface area contributed by atoms with Crippen LogP contribution >= 0.6 is 22.7 Å². The number of likely N-dealkylation sites (tertiary alicyclic amines) is 1. The first-order chi connectivity index (χ1) is 11.2. The summed E-state index contributed by atoms with van der Waals surface area (Å²) in [5.41, 5.74) is 1.19. The van der Waals surface area contributed by atoms with Gasteiger partial charge in [0.15, 0.2) is 5.13 Å². The molecular formula is C17H21N3OS2. The Labute approximate surface area is 144 Å².